The Morgan fingerprint density at radius 3 is 2.54 bits per heavy atom. The van der Waals surface area contributed by atoms with E-state index in [-0.39, 0.29) is 0 Å². The van der Waals surface area contributed by atoms with Crippen LogP contribution >= 0.6 is 22.6 Å². The van der Waals surface area contributed by atoms with Crippen molar-refractivity contribution in [2.24, 2.45) is 0 Å². The molecule has 1 saturated carbocycles. The Morgan fingerprint density at radius 1 is 1.08 bits per heavy atom. The van der Waals surface area contributed by atoms with Crippen LogP contribution in [0.4, 0.5) is 0 Å². The lowest BCUT2D eigenvalue weighted by Gasteiger charge is -2.21. The molecular formula is C12H15I. The average molecular weight is 286 g/mol. The van der Waals surface area contributed by atoms with Crippen LogP contribution in [0.1, 0.15) is 43.6 Å². The molecule has 1 aromatic carbocycles. The largest absolute Gasteiger partial charge is 0.0609 e. The zero-order valence-electron chi connectivity index (χ0n) is 7.80. The zero-order valence-corrected chi connectivity index (χ0v) is 9.96. The SMILES string of the molecule is Ic1cccc(C2CCCCC2)c1. The Balaban J connectivity index is 2.14. The van der Waals surface area contributed by atoms with Gasteiger partial charge in [-0.2, -0.15) is 0 Å². The van der Waals surface area contributed by atoms with Crippen LogP contribution in [0.3, 0.4) is 0 Å². The Labute approximate surface area is 93.9 Å². The van der Waals surface area contributed by atoms with Crippen LogP contribution in [0.15, 0.2) is 24.3 Å². The number of rotatable bonds is 1. The monoisotopic (exact) mass is 286 g/mol. The van der Waals surface area contributed by atoms with E-state index in [0.29, 0.717) is 0 Å². The molecule has 0 aromatic heterocycles. The summed E-state index contributed by atoms with van der Waals surface area (Å²) < 4.78 is 1.38. The van der Waals surface area contributed by atoms with Crippen LogP contribution in [-0.2, 0) is 0 Å². The molecule has 0 nitrogen and oxygen atoms in total. The molecule has 0 bridgehead atoms. The number of hydrogen-bond acceptors (Lipinski definition) is 0. The lowest BCUT2D eigenvalue weighted by atomic mass is 9.84. The molecule has 13 heavy (non-hydrogen) atoms. The van der Waals surface area contributed by atoms with Crippen molar-refractivity contribution < 1.29 is 0 Å². The quantitative estimate of drug-likeness (QED) is 0.674. The summed E-state index contributed by atoms with van der Waals surface area (Å²) in [5, 5.41) is 0. The summed E-state index contributed by atoms with van der Waals surface area (Å²) in [6.45, 7) is 0. The van der Waals surface area contributed by atoms with Gasteiger partial charge in [-0.3, -0.25) is 0 Å². The molecule has 0 aliphatic heterocycles. The maximum atomic E-state index is 2.40. The second-order valence-electron chi connectivity index (χ2n) is 3.89. The predicted molar refractivity (Wildman–Crippen MR) is 65.0 cm³/mol. The van der Waals surface area contributed by atoms with Gasteiger partial charge in [0.1, 0.15) is 0 Å². The summed E-state index contributed by atoms with van der Waals surface area (Å²) in [6.07, 6.45) is 7.10. The molecule has 1 fully saturated rings. The van der Waals surface area contributed by atoms with Crippen LogP contribution in [0.25, 0.3) is 0 Å². The van der Waals surface area contributed by atoms with Crippen LogP contribution in [0.2, 0.25) is 0 Å². The number of halogens is 1. The summed E-state index contributed by atoms with van der Waals surface area (Å²) in [5.41, 5.74) is 1.56. The van der Waals surface area contributed by atoms with Gasteiger partial charge in [0.15, 0.2) is 0 Å². The first kappa shape index (κ1) is 9.50. The first-order valence-electron chi connectivity index (χ1n) is 5.12. The molecule has 70 valence electrons. The van der Waals surface area contributed by atoms with Gasteiger partial charge in [-0.25, -0.2) is 0 Å². The van der Waals surface area contributed by atoms with E-state index in [1.165, 1.54) is 35.7 Å². The van der Waals surface area contributed by atoms with Gasteiger partial charge in [0.25, 0.3) is 0 Å². The highest BCUT2D eigenvalue weighted by Gasteiger charge is 2.14. The van der Waals surface area contributed by atoms with Crippen LogP contribution in [-0.4, -0.2) is 0 Å². The molecule has 0 radical (unpaired) electrons. The van der Waals surface area contributed by atoms with Crippen molar-refractivity contribution in [3.63, 3.8) is 0 Å². The molecule has 1 aliphatic rings. The summed E-state index contributed by atoms with van der Waals surface area (Å²) in [4.78, 5) is 0. The van der Waals surface area contributed by atoms with Gasteiger partial charge in [-0.1, -0.05) is 31.4 Å². The van der Waals surface area contributed by atoms with Gasteiger partial charge in [-0.15, -0.1) is 0 Å². The van der Waals surface area contributed by atoms with Gasteiger partial charge in [0.05, 0.1) is 0 Å². The molecule has 0 N–H and O–H groups in total. The van der Waals surface area contributed by atoms with E-state index >= 15 is 0 Å². The second kappa shape index (κ2) is 4.45. The fraction of sp³-hybridized carbons (Fsp3) is 0.500. The minimum Gasteiger partial charge on any atom is -0.0609 e. The van der Waals surface area contributed by atoms with Gasteiger partial charge >= 0.3 is 0 Å². The maximum absolute atomic E-state index is 2.40. The highest BCUT2D eigenvalue weighted by molar-refractivity contribution is 14.1. The van der Waals surface area contributed by atoms with Crippen LogP contribution in [0.5, 0.6) is 0 Å². The third-order valence-electron chi connectivity index (χ3n) is 2.93. The van der Waals surface area contributed by atoms with Gasteiger partial charge in [0.2, 0.25) is 0 Å². The Hall–Kier alpha value is -0.0500. The first-order chi connectivity index (χ1) is 6.36. The summed E-state index contributed by atoms with van der Waals surface area (Å²) in [7, 11) is 0. The van der Waals surface area contributed by atoms with E-state index < -0.39 is 0 Å². The van der Waals surface area contributed by atoms with Gasteiger partial charge < -0.3 is 0 Å². The van der Waals surface area contributed by atoms with Crippen molar-refractivity contribution in [2.75, 3.05) is 0 Å². The van der Waals surface area contributed by atoms with Crippen molar-refractivity contribution in [3.8, 4) is 0 Å². The standard InChI is InChI=1S/C12H15I/c13-12-8-4-7-11(9-12)10-5-2-1-3-6-10/h4,7-10H,1-3,5-6H2. The molecule has 1 aromatic rings. The molecule has 0 saturated heterocycles. The van der Waals surface area contributed by atoms with Gasteiger partial charge in [0, 0.05) is 3.57 Å². The van der Waals surface area contributed by atoms with Crippen LogP contribution < -0.4 is 0 Å². The first-order valence-corrected chi connectivity index (χ1v) is 6.19. The van der Waals surface area contributed by atoms with E-state index in [1.54, 1.807) is 5.56 Å². The molecule has 2 rings (SSSR count). The second-order valence-corrected chi connectivity index (χ2v) is 5.14. The van der Waals surface area contributed by atoms with Gasteiger partial charge in [-0.05, 0) is 59.0 Å². The third-order valence-corrected chi connectivity index (χ3v) is 3.60. The fourth-order valence-corrected chi connectivity index (χ4v) is 2.76. The Bertz CT molecular complexity index is 274. The van der Waals surface area contributed by atoms with Crippen molar-refractivity contribution in [2.45, 2.75) is 38.0 Å². The predicted octanol–water partition coefficient (Wildman–Crippen LogP) is 4.34. The summed E-state index contributed by atoms with van der Waals surface area (Å²) in [5.74, 6) is 0.850. The topological polar surface area (TPSA) is 0 Å². The molecule has 1 heteroatoms. The third kappa shape index (κ3) is 2.46. The summed E-state index contributed by atoms with van der Waals surface area (Å²) >= 11 is 2.40. The zero-order chi connectivity index (χ0) is 9.10. The summed E-state index contributed by atoms with van der Waals surface area (Å²) in [6, 6.07) is 8.99. The van der Waals surface area contributed by atoms with Crippen molar-refractivity contribution in [3.05, 3.63) is 33.4 Å². The lowest BCUT2D eigenvalue weighted by Crippen LogP contribution is -2.04. The Morgan fingerprint density at radius 2 is 1.85 bits per heavy atom. The highest BCUT2D eigenvalue weighted by atomic mass is 127. The van der Waals surface area contributed by atoms with Crippen molar-refractivity contribution >= 4 is 22.6 Å². The van der Waals surface area contributed by atoms with Crippen LogP contribution in [0, 0.1) is 3.57 Å². The molecule has 1 aliphatic carbocycles. The molecule has 0 unspecified atom stereocenters. The molecular weight excluding hydrogens is 271 g/mol. The maximum Gasteiger partial charge on any atom is 0.0133 e. The highest BCUT2D eigenvalue weighted by Crippen LogP contribution is 2.32. The van der Waals surface area contributed by atoms with E-state index in [4.69, 9.17) is 0 Å². The average Bonchev–Trinajstić information content (AvgIpc) is 2.19. The lowest BCUT2D eigenvalue weighted by molar-refractivity contribution is 0.443. The fourth-order valence-electron chi connectivity index (χ4n) is 2.20. The van der Waals surface area contributed by atoms with E-state index in [1.807, 2.05) is 0 Å². The van der Waals surface area contributed by atoms with E-state index in [0.717, 1.165) is 5.92 Å². The smallest absolute Gasteiger partial charge is 0.0133 e. The molecule has 0 spiro atoms. The molecule has 0 heterocycles. The normalized spacial score (nSPS) is 18.8. The Kier molecular flexibility index (Phi) is 3.25. The van der Waals surface area contributed by atoms with Crippen molar-refractivity contribution in [1.82, 2.24) is 0 Å². The van der Waals surface area contributed by atoms with E-state index in [9.17, 15) is 0 Å². The number of benzene rings is 1. The number of hydrogen-bond donors (Lipinski definition) is 0. The minimum absolute atomic E-state index is 0.850. The molecule has 0 amide bonds. The van der Waals surface area contributed by atoms with Crippen molar-refractivity contribution in [1.29, 1.82) is 0 Å². The molecule has 0 atom stereocenters. The minimum atomic E-state index is 0.850. The van der Waals surface area contributed by atoms with E-state index in [2.05, 4.69) is 46.9 Å².